The third-order valence-corrected chi connectivity index (χ3v) is 17.9. The first-order chi connectivity index (χ1) is 45.6. The second-order valence-corrected chi connectivity index (χ2v) is 27.4. The Kier molecular flexibility index (Phi) is 29.4. The summed E-state index contributed by atoms with van der Waals surface area (Å²) in [5.41, 5.74) is 15.5. The van der Waals surface area contributed by atoms with Crippen LogP contribution in [0.4, 0.5) is 0 Å². The Morgan fingerprint density at radius 2 is 1.18 bits per heavy atom. The number of nitrogens with zero attached hydrogens (tertiary/aromatic N) is 4. The number of carbonyl (C=O) groups excluding carboxylic acids is 9. The second-order valence-electron chi connectivity index (χ2n) is 26.3. The van der Waals surface area contributed by atoms with Gasteiger partial charge in [0.2, 0.25) is 47.3 Å². The van der Waals surface area contributed by atoms with Gasteiger partial charge in [0.1, 0.15) is 5.75 Å². The number of aliphatic hydroxyl groups excluding tert-OH is 1. The largest absolute Gasteiger partial charge is 0.497 e. The van der Waals surface area contributed by atoms with Crippen molar-refractivity contribution in [3.63, 3.8) is 0 Å². The zero-order chi connectivity index (χ0) is 68.4. The number of aliphatic hydroxyl groups is 1. The molecule has 4 atom stereocenters. The lowest BCUT2D eigenvalue weighted by Crippen LogP contribution is -2.55. The molecule has 512 valence electrons. The molecule has 5 aromatic rings. The summed E-state index contributed by atoms with van der Waals surface area (Å²) >= 11 is 1.50. The van der Waals surface area contributed by atoms with Crippen LogP contribution in [0, 0.1) is 17.8 Å². The van der Waals surface area contributed by atoms with E-state index in [0.29, 0.717) is 72.6 Å². The third-order valence-electron chi connectivity index (χ3n) is 16.9. The van der Waals surface area contributed by atoms with E-state index in [1.165, 1.54) is 38.5 Å². The van der Waals surface area contributed by atoms with Gasteiger partial charge in [-0.1, -0.05) is 125 Å². The van der Waals surface area contributed by atoms with Crippen molar-refractivity contribution in [2.45, 2.75) is 141 Å². The number of nitrogens with one attached hydrogen (secondary N) is 4. The summed E-state index contributed by atoms with van der Waals surface area (Å²) in [4.78, 5) is 135. The third kappa shape index (κ3) is 25.7. The summed E-state index contributed by atoms with van der Waals surface area (Å²) in [6.07, 6.45) is 4.39. The molecule has 0 spiro atoms. The van der Waals surface area contributed by atoms with Gasteiger partial charge in [-0.05, 0) is 132 Å². The van der Waals surface area contributed by atoms with E-state index in [4.69, 9.17) is 16.2 Å². The monoisotopic (exact) mass is 1320 g/mol. The first-order valence-corrected chi connectivity index (χ1v) is 34.5. The standard InChI is InChI=1S/C73H98N10O11S/c1-49(2)29-61-40-80(43-65(75)85)69(89)26-28-95-48-53-20-24-58(25-21-53)73(93)79-60(17-11-12-27-74)39-81(71(91)37-54-22-23-57-15-9-10-16-59(57)32-54)44-66(86)77-62(30-50(3)4)41-82(72(92)38-55-31-56(47-84)35-64(34-55)94-5)46-68(88)78-63(33-51-13-7-6-8-14-51)42-83(45-67(87)76-61)70(90)36-52-18-19-52/h6-10,13-16,20-25,31-32,34-35,49-50,52,60-63,84H,11-12,17-19,26-30,33,36-48,74H2,1-5H3,(H2,75,85)(H,76,87)(H,77,86)(H,78,88)(H,79,93)/t60-,61-,62-,63-/m0/s1. The molecular formula is C73H98N10O11S. The number of benzene rings is 5. The van der Waals surface area contributed by atoms with Crippen LogP contribution >= 0.6 is 11.8 Å². The molecule has 2 aliphatic heterocycles. The van der Waals surface area contributed by atoms with Crippen molar-refractivity contribution in [3.05, 3.63) is 149 Å². The van der Waals surface area contributed by atoms with E-state index in [9.17, 15) is 43.5 Å². The predicted octanol–water partition coefficient (Wildman–Crippen LogP) is 6.08. The van der Waals surface area contributed by atoms with E-state index in [2.05, 4.69) is 21.3 Å². The Morgan fingerprint density at radius 1 is 0.611 bits per heavy atom. The van der Waals surface area contributed by atoms with Crippen LogP contribution in [0.15, 0.2) is 115 Å². The maximum absolute atomic E-state index is 15.0. The number of thioether (sulfide) groups is 1. The maximum atomic E-state index is 15.0. The van der Waals surface area contributed by atoms with Crippen molar-refractivity contribution < 1.29 is 53.0 Å². The molecule has 9 amide bonds. The average molecular weight is 1320 g/mol. The second kappa shape index (κ2) is 37.7. The molecule has 8 rings (SSSR count). The van der Waals surface area contributed by atoms with Gasteiger partial charge >= 0.3 is 0 Å². The quantitative estimate of drug-likeness (QED) is 0.0344. The number of primary amides is 1. The molecule has 1 saturated carbocycles. The van der Waals surface area contributed by atoms with Gasteiger partial charge in [0.05, 0.1) is 58.8 Å². The minimum absolute atomic E-state index is 0.0204. The minimum atomic E-state index is -0.794. The van der Waals surface area contributed by atoms with Gasteiger partial charge in [0.15, 0.2) is 0 Å². The van der Waals surface area contributed by atoms with Gasteiger partial charge < -0.3 is 62.2 Å². The highest BCUT2D eigenvalue weighted by Gasteiger charge is 2.33. The topological polar surface area (TPSA) is 296 Å². The number of hydrogen-bond acceptors (Lipinski definition) is 13. The number of amides is 9. The van der Waals surface area contributed by atoms with Crippen molar-refractivity contribution in [1.82, 2.24) is 40.9 Å². The van der Waals surface area contributed by atoms with Crippen LogP contribution in [0.3, 0.4) is 0 Å². The number of ether oxygens (including phenoxy) is 1. The number of methoxy groups -OCH3 is 1. The number of unbranched alkanes of at least 4 members (excludes halogenated alkanes) is 1. The van der Waals surface area contributed by atoms with E-state index >= 15 is 4.79 Å². The number of hydrogen-bond donors (Lipinski definition) is 7. The molecule has 9 N–H and O–H groups in total. The summed E-state index contributed by atoms with van der Waals surface area (Å²) in [5.74, 6) is -2.74. The first kappa shape index (κ1) is 74.1. The fourth-order valence-electron chi connectivity index (χ4n) is 12.1. The fraction of sp³-hybridized carbons (Fsp3) is 0.493. The molecule has 2 bridgehead atoms. The van der Waals surface area contributed by atoms with Crippen molar-refractivity contribution >= 4 is 75.7 Å². The van der Waals surface area contributed by atoms with Crippen molar-refractivity contribution in [2.75, 3.05) is 71.8 Å². The van der Waals surface area contributed by atoms with Crippen LogP contribution in [0.25, 0.3) is 10.8 Å². The predicted molar refractivity (Wildman–Crippen MR) is 369 cm³/mol. The van der Waals surface area contributed by atoms with E-state index in [1.807, 2.05) is 113 Å². The molecule has 0 saturated heterocycles. The Morgan fingerprint density at radius 3 is 1.78 bits per heavy atom. The molecule has 0 unspecified atom stereocenters. The van der Waals surface area contributed by atoms with Gasteiger partial charge in [-0.25, -0.2) is 0 Å². The lowest BCUT2D eigenvalue weighted by Gasteiger charge is -2.32. The molecule has 0 radical (unpaired) electrons. The number of carbonyl (C=O) groups is 9. The molecule has 95 heavy (non-hydrogen) atoms. The molecule has 22 heteroatoms. The molecule has 1 aliphatic carbocycles. The fourth-order valence-corrected chi connectivity index (χ4v) is 13.0. The van der Waals surface area contributed by atoms with Crippen molar-refractivity contribution in [3.8, 4) is 5.75 Å². The summed E-state index contributed by atoms with van der Waals surface area (Å²) in [6.45, 7) is 5.99. The normalized spacial score (nSPS) is 19.1. The average Bonchev–Trinajstić information content (AvgIpc) is 1.45. The highest BCUT2D eigenvalue weighted by Crippen LogP contribution is 2.33. The Bertz CT molecular complexity index is 3360. The molecule has 1 fully saturated rings. The summed E-state index contributed by atoms with van der Waals surface area (Å²) < 4.78 is 5.53. The van der Waals surface area contributed by atoms with Gasteiger partial charge in [-0.3, -0.25) is 43.2 Å². The molecule has 3 aliphatic rings. The van der Waals surface area contributed by atoms with Crippen LogP contribution in [-0.2, 0) is 70.0 Å². The zero-order valence-electron chi connectivity index (χ0n) is 55.9. The van der Waals surface area contributed by atoms with E-state index in [1.54, 1.807) is 30.3 Å². The molecule has 0 aromatic heterocycles. The lowest BCUT2D eigenvalue weighted by molar-refractivity contribution is -0.138. The summed E-state index contributed by atoms with van der Waals surface area (Å²) in [7, 11) is 1.48. The minimum Gasteiger partial charge on any atom is -0.497 e. The molecule has 21 nitrogen and oxygen atoms in total. The number of fused-ring (bicyclic) bond motifs is 30. The Hall–Kier alpha value is -8.34. The van der Waals surface area contributed by atoms with Gasteiger partial charge in [-0.2, -0.15) is 11.8 Å². The van der Waals surface area contributed by atoms with Crippen LogP contribution in [0.1, 0.15) is 124 Å². The van der Waals surface area contributed by atoms with Crippen LogP contribution in [-0.4, -0.2) is 174 Å². The first-order valence-electron chi connectivity index (χ1n) is 33.4. The van der Waals surface area contributed by atoms with Gasteiger partial charge in [-0.15, -0.1) is 0 Å². The lowest BCUT2D eigenvalue weighted by atomic mass is 10.0. The molecule has 5 aromatic carbocycles. The van der Waals surface area contributed by atoms with Gasteiger partial charge in [0.25, 0.3) is 5.91 Å². The Balaban J connectivity index is 1.27. The van der Waals surface area contributed by atoms with Crippen LogP contribution < -0.4 is 37.5 Å². The van der Waals surface area contributed by atoms with Crippen LogP contribution in [0.5, 0.6) is 5.75 Å². The summed E-state index contributed by atoms with van der Waals surface area (Å²) in [6, 6.07) is 32.2. The molecule has 2 heterocycles. The maximum Gasteiger partial charge on any atom is 0.251 e. The van der Waals surface area contributed by atoms with Gasteiger partial charge in [0, 0.05) is 74.2 Å². The summed E-state index contributed by atoms with van der Waals surface area (Å²) in [5, 5.41) is 24.7. The van der Waals surface area contributed by atoms with E-state index in [0.717, 1.165) is 40.3 Å². The molecular weight excluding hydrogens is 1220 g/mol. The van der Waals surface area contributed by atoms with Crippen molar-refractivity contribution in [1.29, 1.82) is 0 Å². The highest BCUT2D eigenvalue weighted by molar-refractivity contribution is 7.98. The van der Waals surface area contributed by atoms with Crippen molar-refractivity contribution in [2.24, 2.45) is 29.2 Å². The SMILES string of the molecule is COc1cc(CO)cc(CC(=O)N2CC(=O)N[C@@H](Cc3ccccc3)CN(C(=O)CC3CC3)CC(=O)N[C@@H](CC(C)C)CN(CC(N)=O)C(=O)CCSCc3ccc(cc3)C(=O)N[C@@H](CCCCN)CN(C(=O)Cc3ccc4ccccc4c3)CC(=O)N[C@@H](CC(C)C)C2)c1. The van der Waals surface area contributed by atoms with Crippen LogP contribution in [0.2, 0.25) is 0 Å². The smallest absolute Gasteiger partial charge is 0.251 e. The highest BCUT2D eigenvalue weighted by atomic mass is 32.2. The van der Waals surface area contributed by atoms with E-state index < -0.39 is 66.8 Å². The Labute approximate surface area is 563 Å². The van der Waals surface area contributed by atoms with E-state index in [-0.39, 0.29) is 119 Å². The number of rotatable bonds is 20. The zero-order valence-corrected chi connectivity index (χ0v) is 56.7. The number of nitrogens with two attached hydrogens (primary N) is 2.